The lowest BCUT2D eigenvalue weighted by atomic mass is 9.81. The Balaban J connectivity index is 0.000000271. The fourth-order valence-electron chi connectivity index (χ4n) is 4.39. The van der Waals surface area contributed by atoms with E-state index in [2.05, 4.69) is 23.1 Å². The summed E-state index contributed by atoms with van der Waals surface area (Å²) >= 11 is 0. The highest BCUT2D eigenvalue weighted by Gasteiger charge is 2.41. The highest BCUT2D eigenvalue weighted by molar-refractivity contribution is 5.47. The Morgan fingerprint density at radius 2 is 1.79 bits per heavy atom. The van der Waals surface area contributed by atoms with Crippen molar-refractivity contribution in [1.82, 2.24) is 4.90 Å². The molecule has 0 saturated heterocycles. The minimum absolute atomic E-state index is 0.250. The first-order valence-electron chi connectivity index (χ1n) is 11.7. The number of rotatable bonds is 7. The molecule has 0 fully saturated rings. The second-order valence-corrected chi connectivity index (χ2v) is 9.18. The molecule has 0 saturated carbocycles. The van der Waals surface area contributed by atoms with Crippen molar-refractivity contribution in [2.45, 2.75) is 44.4 Å². The summed E-state index contributed by atoms with van der Waals surface area (Å²) in [7, 11) is 4.10. The standard InChI is InChI=1S/C20H21FN2O.C9H13N/c1-23(2)11-3-10-20(17-5-7-18(21)8-6-17)19-9-4-15(13-22)12-16(19)14-24-20;1-8(10)7-9-5-3-2-4-6-9/h4-9,12H,3,10-11,14H2,1-2H3;2-6,8H,7,10H2,1H3/t20-;8-/m00/s1. The maximum atomic E-state index is 13.4. The van der Waals surface area contributed by atoms with E-state index in [4.69, 9.17) is 15.7 Å². The van der Waals surface area contributed by atoms with E-state index in [0.29, 0.717) is 12.2 Å². The summed E-state index contributed by atoms with van der Waals surface area (Å²) in [4.78, 5) is 2.15. The first-order valence-corrected chi connectivity index (χ1v) is 11.7. The van der Waals surface area contributed by atoms with Gasteiger partial charge in [0.25, 0.3) is 0 Å². The van der Waals surface area contributed by atoms with Crippen LogP contribution < -0.4 is 5.73 Å². The molecule has 4 rings (SSSR count). The Hall–Kier alpha value is -3.04. The number of nitrogens with two attached hydrogens (primary N) is 1. The van der Waals surface area contributed by atoms with Crippen LogP contribution in [0.3, 0.4) is 0 Å². The molecule has 0 bridgehead atoms. The molecule has 0 amide bonds. The van der Waals surface area contributed by atoms with Gasteiger partial charge in [0.05, 0.1) is 18.2 Å². The van der Waals surface area contributed by atoms with Gasteiger partial charge in [-0.2, -0.15) is 5.26 Å². The number of hydrogen-bond acceptors (Lipinski definition) is 4. The molecule has 0 aliphatic carbocycles. The van der Waals surface area contributed by atoms with Gasteiger partial charge in [0.15, 0.2) is 0 Å². The zero-order valence-electron chi connectivity index (χ0n) is 20.3. The molecule has 1 aliphatic heterocycles. The zero-order valence-corrected chi connectivity index (χ0v) is 20.3. The van der Waals surface area contributed by atoms with Crippen LogP contribution in [0.5, 0.6) is 0 Å². The molecule has 5 heteroatoms. The van der Waals surface area contributed by atoms with Gasteiger partial charge in [0.1, 0.15) is 11.4 Å². The third-order valence-corrected chi connectivity index (χ3v) is 5.99. The van der Waals surface area contributed by atoms with Gasteiger partial charge in [-0.1, -0.05) is 48.5 Å². The highest BCUT2D eigenvalue weighted by Crippen LogP contribution is 2.45. The van der Waals surface area contributed by atoms with Crippen molar-refractivity contribution in [2.75, 3.05) is 20.6 Å². The quantitative estimate of drug-likeness (QED) is 0.515. The molecule has 34 heavy (non-hydrogen) atoms. The van der Waals surface area contributed by atoms with Crippen molar-refractivity contribution in [3.63, 3.8) is 0 Å². The van der Waals surface area contributed by atoms with Crippen molar-refractivity contribution >= 4 is 0 Å². The number of halogens is 1. The summed E-state index contributed by atoms with van der Waals surface area (Å²) < 4.78 is 19.6. The van der Waals surface area contributed by atoms with Crippen LogP contribution in [0.15, 0.2) is 72.8 Å². The van der Waals surface area contributed by atoms with E-state index in [9.17, 15) is 4.39 Å². The molecule has 2 N–H and O–H groups in total. The first kappa shape index (κ1) is 25.6. The van der Waals surface area contributed by atoms with Gasteiger partial charge < -0.3 is 15.4 Å². The summed E-state index contributed by atoms with van der Waals surface area (Å²) in [6.45, 7) is 3.45. The van der Waals surface area contributed by atoms with Crippen LogP contribution in [0, 0.1) is 17.1 Å². The minimum atomic E-state index is -0.562. The molecular formula is C29H34FN3O. The lowest BCUT2D eigenvalue weighted by molar-refractivity contribution is -0.0140. The summed E-state index contributed by atoms with van der Waals surface area (Å²) in [5.41, 5.74) is 10.1. The lowest BCUT2D eigenvalue weighted by Crippen LogP contribution is -2.28. The number of ether oxygens (including phenoxy) is 1. The summed E-state index contributed by atoms with van der Waals surface area (Å²) in [6, 6.07) is 25.0. The average molecular weight is 460 g/mol. The lowest BCUT2D eigenvalue weighted by Gasteiger charge is -2.31. The molecule has 0 aromatic heterocycles. The van der Waals surface area contributed by atoms with E-state index in [-0.39, 0.29) is 11.9 Å². The van der Waals surface area contributed by atoms with Gasteiger partial charge in [-0.05, 0) is 93.3 Å². The van der Waals surface area contributed by atoms with E-state index < -0.39 is 5.60 Å². The van der Waals surface area contributed by atoms with Crippen molar-refractivity contribution in [3.05, 3.63) is 106 Å². The number of hydrogen-bond donors (Lipinski definition) is 1. The summed E-state index contributed by atoms with van der Waals surface area (Å²) in [6.07, 6.45) is 2.75. The molecular weight excluding hydrogens is 425 g/mol. The number of fused-ring (bicyclic) bond motifs is 1. The molecule has 178 valence electrons. The molecule has 1 aliphatic rings. The first-order chi connectivity index (χ1) is 16.3. The van der Waals surface area contributed by atoms with Crippen LogP contribution in [0.2, 0.25) is 0 Å². The third-order valence-electron chi connectivity index (χ3n) is 5.99. The zero-order chi connectivity index (χ0) is 24.6. The Kier molecular flexibility index (Phi) is 8.95. The van der Waals surface area contributed by atoms with Crippen LogP contribution in [-0.2, 0) is 23.4 Å². The monoisotopic (exact) mass is 459 g/mol. The SMILES string of the molecule is CN(C)CCC[C@@]1(c2ccc(F)cc2)OCc2cc(C#N)ccc21.C[C@H](N)Cc1ccccc1. The van der Waals surface area contributed by atoms with Gasteiger partial charge in [0.2, 0.25) is 0 Å². The van der Waals surface area contributed by atoms with Crippen LogP contribution in [0.25, 0.3) is 0 Å². The Morgan fingerprint density at radius 1 is 1.09 bits per heavy atom. The molecule has 0 spiro atoms. The molecule has 0 unspecified atom stereocenters. The van der Waals surface area contributed by atoms with Crippen molar-refractivity contribution < 1.29 is 9.13 Å². The largest absolute Gasteiger partial charge is 0.361 e. The second kappa shape index (κ2) is 11.9. The maximum absolute atomic E-state index is 13.4. The molecule has 4 nitrogen and oxygen atoms in total. The Bertz CT molecular complexity index is 1090. The van der Waals surface area contributed by atoms with E-state index in [1.807, 2.05) is 57.4 Å². The molecule has 1 heterocycles. The highest BCUT2D eigenvalue weighted by atomic mass is 19.1. The third kappa shape index (κ3) is 6.51. The molecule has 0 radical (unpaired) electrons. The predicted octanol–water partition coefficient (Wildman–Crippen LogP) is 5.39. The van der Waals surface area contributed by atoms with Crippen molar-refractivity contribution in [1.29, 1.82) is 5.26 Å². The van der Waals surface area contributed by atoms with Gasteiger partial charge in [-0.15, -0.1) is 0 Å². The number of nitrogens with zero attached hydrogens (tertiary/aromatic N) is 2. The average Bonchev–Trinajstić information content (AvgIpc) is 3.19. The van der Waals surface area contributed by atoms with Crippen LogP contribution in [0.4, 0.5) is 4.39 Å². The van der Waals surface area contributed by atoms with Crippen molar-refractivity contribution in [3.8, 4) is 6.07 Å². The van der Waals surface area contributed by atoms with Gasteiger partial charge in [-0.25, -0.2) is 4.39 Å². The van der Waals surface area contributed by atoms with Gasteiger partial charge in [0, 0.05) is 6.04 Å². The van der Waals surface area contributed by atoms with Crippen LogP contribution >= 0.6 is 0 Å². The van der Waals surface area contributed by atoms with E-state index in [0.717, 1.165) is 42.5 Å². The van der Waals surface area contributed by atoms with Crippen molar-refractivity contribution in [2.24, 2.45) is 5.73 Å². The molecule has 2 atom stereocenters. The fourth-order valence-corrected chi connectivity index (χ4v) is 4.39. The second-order valence-electron chi connectivity index (χ2n) is 9.18. The Labute approximate surface area is 202 Å². The van der Waals surface area contributed by atoms with Crippen LogP contribution in [0.1, 0.15) is 47.6 Å². The summed E-state index contributed by atoms with van der Waals surface area (Å²) in [5, 5.41) is 9.11. The topological polar surface area (TPSA) is 62.3 Å². The fraction of sp³-hybridized carbons (Fsp3) is 0.345. The van der Waals surface area contributed by atoms with Crippen LogP contribution in [-0.4, -0.2) is 31.6 Å². The number of nitriles is 1. The summed E-state index contributed by atoms with van der Waals surface area (Å²) in [5.74, 6) is -0.250. The minimum Gasteiger partial charge on any atom is -0.361 e. The predicted molar refractivity (Wildman–Crippen MR) is 135 cm³/mol. The van der Waals surface area contributed by atoms with E-state index >= 15 is 0 Å². The van der Waals surface area contributed by atoms with E-state index in [1.165, 1.54) is 17.7 Å². The molecule has 3 aromatic carbocycles. The van der Waals surface area contributed by atoms with E-state index in [1.54, 1.807) is 12.1 Å². The van der Waals surface area contributed by atoms with Gasteiger partial charge >= 0.3 is 0 Å². The Morgan fingerprint density at radius 3 is 2.41 bits per heavy atom. The number of benzene rings is 3. The molecule has 3 aromatic rings. The normalized spacial score (nSPS) is 17.4. The maximum Gasteiger partial charge on any atom is 0.123 e. The van der Waals surface area contributed by atoms with Gasteiger partial charge in [-0.3, -0.25) is 0 Å². The smallest absolute Gasteiger partial charge is 0.123 e.